The first-order valence-corrected chi connectivity index (χ1v) is 8.36. The molecule has 1 heterocycles. The van der Waals surface area contributed by atoms with Crippen LogP contribution in [0.2, 0.25) is 0 Å². The molecule has 0 spiro atoms. The van der Waals surface area contributed by atoms with Gasteiger partial charge in [-0.3, -0.25) is 4.79 Å². The Morgan fingerprint density at radius 1 is 1.40 bits per heavy atom. The second-order valence-corrected chi connectivity index (χ2v) is 7.26. The molecule has 1 atom stereocenters. The Balaban J connectivity index is 2.11. The quantitative estimate of drug-likeness (QED) is 0.881. The van der Waals surface area contributed by atoms with Crippen molar-refractivity contribution in [3.8, 4) is 5.19 Å². The minimum absolute atomic E-state index is 0.135. The molecule has 0 bridgehead atoms. The van der Waals surface area contributed by atoms with Crippen molar-refractivity contribution in [1.29, 1.82) is 0 Å². The summed E-state index contributed by atoms with van der Waals surface area (Å²) < 4.78 is 6.77. The number of ether oxygens (including phenoxy) is 1. The molecule has 1 unspecified atom stereocenters. The van der Waals surface area contributed by atoms with E-state index in [1.807, 2.05) is 51.3 Å². The topological polar surface area (TPSA) is 51.2 Å². The van der Waals surface area contributed by atoms with E-state index in [4.69, 9.17) is 4.74 Å². The number of thiazole rings is 1. The summed E-state index contributed by atoms with van der Waals surface area (Å²) in [5, 5.41) is 3.44. The van der Waals surface area contributed by atoms with Gasteiger partial charge in [0.05, 0.1) is 10.2 Å². The van der Waals surface area contributed by atoms with Gasteiger partial charge in [0.2, 0.25) is 5.44 Å². The van der Waals surface area contributed by atoms with E-state index in [1.54, 1.807) is 0 Å². The Labute approximate surface area is 126 Å². The summed E-state index contributed by atoms with van der Waals surface area (Å²) in [5.41, 5.74) is 0.0283. The third-order valence-electron chi connectivity index (χ3n) is 2.41. The molecule has 0 radical (unpaired) electrons. The molecule has 0 saturated heterocycles. The number of aromatic nitrogens is 1. The summed E-state index contributed by atoms with van der Waals surface area (Å²) in [6, 6.07) is 7.82. The molecule has 1 aromatic heterocycles. The summed E-state index contributed by atoms with van der Waals surface area (Å²) in [6.45, 7) is 5.83. The molecule has 2 rings (SSSR count). The number of hydrogen-bond donors (Lipinski definition) is 1. The zero-order valence-electron chi connectivity index (χ0n) is 12.0. The number of nitrogens with zero attached hydrogens (tertiary/aromatic N) is 1. The van der Waals surface area contributed by atoms with Gasteiger partial charge in [0, 0.05) is 5.54 Å². The number of nitrogens with one attached hydrogen (secondary N) is 1. The van der Waals surface area contributed by atoms with Crippen LogP contribution in [0.15, 0.2) is 24.3 Å². The average Bonchev–Trinajstić information content (AvgIpc) is 2.75. The molecule has 1 amide bonds. The molecule has 1 N–H and O–H groups in total. The van der Waals surface area contributed by atoms with Crippen LogP contribution in [0, 0.1) is 0 Å². The van der Waals surface area contributed by atoms with E-state index in [1.165, 1.54) is 23.1 Å². The van der Waals surface area contributed by atoms with Crippen molar-refractivity contribution in [3.63, 3.8) is 0 Å². The van der Waals surface area contributed by atoms with Crippen LogP contribution in [0.1, 0.15) is 20.8 Å². The van der Waals surface area contributed by atoms with E-state index >= 15 is 0 Å². The first kappa shape index (κ1) is 15.1. The van der Waals surface area contributed by atoms with Crippen molar-refractivity contribution < 1.29 is 9.53 Å². The average molecular weight is 310 g/mol. The molecule has 4 nitrogen and oxygen atoms in total. The molecule has 0 saturated carbocycles. The lowest BCUT2D eigenvalue weighted by Gasteiger charge is -2.23. The van der Waals surface area contributed by atoms with Gasteiger partial charge in [-0.1, -0.05) is 23.5 Å². The highest BCUT2D eigenvalue weighted by molar-refractivity contribution is 7.99. The zero-order chi connectivity index (χ0) is 14.8. The van der Waals surface area contributed by atoms with Gasteiger partial charge >= 0.3 is 0 Å². The molecule has 20 heavy (non-hydrogen) atoms. The van der Waals surface area contributed by atoms with Crippen molar-refractivity contribution >= 4 is 39.2 Å². The fraction of sp³-hybridized carbons (Fsp3) is 0.429. The third kappa shape index (κ3) is 3.86. The number of carbonyl (C=O) groups excluding carboxylic acids is 1. The van der Waals surface area contributed by atoms with Gasteiger partial charge in [0.15, 0.2) is 0 Å². The van der Waals surface area contributed by atoms with E-state index in [9.17, 15) is 4.79 Å². The van der Waals surface area contributed by atoms with Crippen LogP contribution in [0.3, 0.4) is 0 Å². The molecule has 6 heteroatoms. The van der Waals surface area contributed by atoms with E-state index in [0.29, 0.717) is 5.19 Å². The number of rotatable bonds is 4. The second-order valence-electron chi connectivity index (χ2n) is 5.37. The maximum Gasteiger partial charge on any atom is 0.275 e. The summed E-state index contributed by atoms with van der Waals surface area (Å²) in [7, 11) is 0. The normalized spacial score (nSPS) is 13.2. The first-order valence-electron chi connectivity index (χ1n) is 6.26. The second kappa shape index (κ2) is 6.01. The SMILES string of the molecule is CSC(Oc1nc2ccccc2s1)C(=O)NC(C)(C)C. The lowest BCUT2D eigenvalue weighted by atomic mass is 10.1. The Morgan fingerprint density at radius 2 is 2.10 bits per heavy atom. The summed E-state index contributed by atoms with van der Waals surface area (Å²) in [5.74, 6) is -0.135. The molecule has 2 aromatic rings. The molecule has 108 valence electrons. The number of amides is 1. The van der Waals surface area contributed by atoms with Crippen molar-refractivity contribution in [2.75, 3.05) is 6.26 Å². The Bertz CT molecular complexity index is 571. The van der Waals surface area contributed by atoms with Gasteiger partial charge in [-0.25, -0.2) is 4.98 Å². The van der Waals surface area contributed by atoms with E-state index < -0.39 is 5.44 Å². The van der Waals surface area contributed by atoms with Gasteiger partial charge in [-0.05, 0) is 39.2 Å². The zero-order valence-corrected chi connectivity index (χ0v) is 13.6. The molecule has 0 fully saturated rings. The molecule has 0 aliphatic rings. The van der Waals surface area contributed by atoms with Crippen LogP contribution in [0.5, 0.6) is 5.19 Å². The highest BCUT2D eigenvalue weighted by Gasteiger charge is 2.24. The summed E-state index contributed by atoms with van der Waals surface area (Å²) >= 11 is 2.81. The van der Waals surface area contributed by atoms with Gasteiger partial charge in [-0.15, -0.1) is 11.8 Å². The van der Waals surface area contributed by atoms with Crippen LogP contribution in [-0.2, 0) is 4.79 Å². The van der Waals surface area contributed by atoms with Crippen molar-refractivity contribution in [1.82, 2.24) is 10.3 Å². The fourth-order valence-electron chi connectivity index (χ4n) is 1.63. The Kier molecular flexibility index (Phi) is 4.55. The molecular formula is C14H18N2O2S2. The fourth-order valence-corrected chi connectivity index (χ4v) is 2.99. The van der Waals surface area contributed by atoms with Crippen LogP contribution >= 0.6 is 23.1 Å². The molecule has 0 aliphatic heterocycles. The van der Waals surface area contributed by atoms with Crippen LogP contribution in [0.4, 0.5) is 0 Å². The largest absolute Gasteiger partial charge is 0.445 e. The van der Waals surface area contributed by atoms with Crippen LogP contribution in [-0.4, -0.2) is 28.1 Å². The minimum Gasteiger partial charge on any atom is -0.445 e. The summed E-state index contributed by atoms with van der Waals surface area (Å²) in [4.78, 5) is 16.5. The van der Waals surface area contributed by atoms with E-state index in [2.05, 4.69) is 10.3 Å². The maximum atomic E-state index is 12.1. The number of para-hydroxylation sites is 1. The Hall–Kier alpha value is -1.27. The minimum atomic E-state index is -0.588. The maximum absolute atomic E-state index is 12.1. The number of benzene rings is 1. The van der Waals surface area contributed by atoms with Gasteiger partial charge < -0.3 is 10.1 Å². The molecule has 1 aromatic carbocycles. The van der Waals surface area contributed by atoms with Gasteiger partial charge in [-0.2, -0.15) is 0 Å². The molecular weight excluding hydrogens is 292 g/mol. The smallest absolute Gasteiger partial charge is 0.275 e. The predicted molar refractivity (Wildman–Crippen MR) is 85.4 cm³/mol. The first-order chi connectivity index (χ1) is 9.39. The van der Waals surface area contributed by atoms with Crippen LogP contribution in [0.25, 0.3) is 10.2 Å². The highest BCUT2D eigenvalue weighted by Crippen LogP contribution is 2.29. The van der Waals surface area contributed by atoms with Gasteiger partial charge in [0.1, 0.15) is 0 Å². The van der Waals surface area contributed by atoms with Crippen molar-refractivity contribution in [2.24, 2.45) is 0 Å². The highest BCUT2D eigenvalue weighted by atomic mass is 32.2. The number of hydrogen-bond acceptors (Lipinski definition) is 5. The lowest BCUT2D eigenvalue weighted by Crippen LogP contribution is -2.46. The lowest BCUT2D eigenvalue weighted by molar-refractivity contribution is -0.125. The standard InChI is InChI=1S/C14H18N2O2S2/c1-14(2,3)16-11(17)12(19-4)18-13-15-9-7-5-6-8-10(9)20-13/h5-8,12H,1-4H3,(H,16,17). The van der Waals surface area contributed by atoms with E-state index in [0.717, 1.165) is 10.2 Å². The van der Waals surface area contributed by atoms with Crippen molar-refractivity contribution in [3.05, 3.63) is 24.3 Å². The monoisotopic (exact) mass is 310 g/mol. The van der Waals surface area contributed by atoms with Gasteiger partial charge in [0.25, 0.3) is 11.1 Å². The number of fused-ring (bicyclic) bond motifs is 1. The van der Waals surface area contributed by atoms with Crippen LogP contribution < -0.4 is 10.1 Å². The van der Waals surface area contributed by atoms with Crippen molar-refractivity contribution in [2.45, 2.75) is 31.7 Å². The van der Waals surface area contributed by atoms with E-state index in [-0.39, 0.29) is 11.4 Å². The predicted octanol–water partition coefficient (Wildman–Crippen LogP) is 3.28. The third-order valence-corrected chi connectivity index (χ3v) is 4.07. The molecule has 0 aliphatic carbocycles. The summed E-state index contributed by atoms with van der Waals surface area (Å²) in [6.07, 6.45) is 1.85. The number of carbonyl (C=O) groups is 1. The number of thioether (sulfide) groups is 1. The Morgan fingerprint density at radius 3 is 2.70 bits per heavy atom.